The number of anilines is 1. The van der Waals surface area contributed by atoms with Gasteiger partial charge in [-0.15, -0.1) is 0 Å². The van der Waals surface area contributed by atoms with Gasteiger partial charge >= 0.3 is 0 Å². The number of carboxylic acid groups (broad SMARTS) is 1. The Labute approximate surface area is 269 Å². The van der Waals surface area contributed by atoms with Gasteiger partial charge in [0.25, 0.3) is 18.3 Å². The van der Waals surface area contributed by atoms with Crippen molar-refractivity contribution in [1.82, 2.24) is 19.4 Å². The molecule has 46 heavy (non-hydrogen) atoms. The van der Waals surface area contributed by atoms with Gasteiger partial charge in [0.05, 0.1) is 29.6 Å². The summed E-state index contributed by atoms with van der Waals surface area (Å²) in [6.45, 7) is 2.00. The summed E-state index contributed by atoms with van der Waals surface area (Å²) in [6.07, 6.45) is 4.05. The van der Waals surface area contributed by atoms with Gasteiger partial charge in [-0.05, 0) is 56.0 Å². The van der Waals surface area contributed by atoms with Crippen LogP contribution in [0.25, 0.3) is 11.3 Å². The smallest absolute Gasteiger partial charge is 0.291 e. The number of piperidine rings is 2. The Morgan fingerprint density at radius 1 is 1.04 bits per heavy atom. The zero-order valence-electron chi connectivity index (χ0n) is 25.3. The van der Waals surface area contributed by atoms with E-state index in [0.29, 0.717) is 44.7 Å². The van der Waals surface area contributed by atoms with Gasteiger partial charge in [0.1, 0.15) is 0 Å². The number of nitrogens with one attached hydrogen (secondary N) is 1. The van der Waals surface area contributed by atoms with Gasteiger partial charge in [-0.25, -0.2) is 9.37 Å². The predicted molar refractivity (Wildman–Crippen MR) is 166 cm³/mol. The first kappa shape index (κ1) is 34.3. The van der Waals surface area contributed by atoms with Crippen LogP contribution in [-0.2, 0) is 16.6 Å². The van der Waals surface area contributed by atoms with Crippen LogP contribution in [0.5, 0.6) is 5.75 Å². The van der Waals surface area contributed by atoms with Crippen LogP contribution < -0.4 is 15.8 Å². The largest absolute Gasteiger partial charge is 0.494 e. The van der Waals surface area contributed by atoms with E-state index < -0.39 is 17.5 Å². The lowest BCUT2D eigenvalue weighted by atomic mass is 9.93. The number of methoxy groups -OCH3 is 1. The molecule has 0 aliphatic carbocycles. The average molecular weight is 661 g/mol. The molecule has 0 bridgehead atoms. The number of hydrogen-bond donors (Lipinski definition) is 3. The molecule has 2 aliphatic rings. The Morgan fingerprint density at radius 2 is 1.67 bits per heavy atom. The highest BCUT2D eigenvalue weighted by atomic mass is 35.5. The van der Waals surface area contributed by atoms with Crippen LogP contribution in [0.1, 0.15) is 46.7 Å². The second-order valence-corrected chi connectivity index (χ2v) is 11.4. The third-order valence-electron chi connectivity index (χ3n) is 8.17. The SMILES string of the molecule is COc1ccc(-c2cnc(C(=O)Nc3ccc(C(=O)N4CCC(C(=O)N5CCC(N)CC5)CC4)c(Cl)c3)n2C)c(F)c1F.O=CO. The van der Waals surface area contributed by atoms with E-state index in [1.54, 1.807) is 11.0 Å². The highest BCUT2D eigenvalue weighted by molar-refractivity contribution is 6.34. The molecule has 2 fully saturated rings. The number of hydrogen-bond acceptors (Lipinski definition) is 7. The molecule has 5 rings (SSSR count). The van der Waals surface area contributed by atoms with Crippen molar-refractivity contribution in [2.75, 3.05) is 38.6 Å². The zero-order chi connectivity index (χ0) is 33.5. The molecule has 246 valence electrons. The first-order valence-corrected chi connectivity index (χ1v) is 14.9. The monoisotopic (exact) mass is 660 g/mol. The van der Waals surface area contributed by atoms with Crippen LogP contribution in [0.2, 0.25) is 5.02 Å². The van der Waals surface area contributed by atoms with Gasteiger partial charge in [0, 0.05) is 56.4 Å². The Balaban J connectivity index is 0.00000154. The van der Waals surface area contributed by atoms with E-state index in [1.807, 2.05) is 4.90 Å². The summed E-state index contributed by atoms with van der Waals surface area (Å²) >= 11 is 6.46. The number of amides is 3. The van der Waals surface area contributed by atoms with Crippen LogP contribution in [0.3, 0.4) is 0 Å². The highest BCUT2D eigenvalue weighted by Gasteiger charge is 2.32. The molecule has 2 saturated heterocycles. The summed E-state index contributed by atoms with van der Waals surface area (Å²) in [5.41, 5.74) is 6.67. The van der Waals surface area contributed by atoms with Crippen LogP contribution in [-0.4, -0.2) is 88.0 Å². The Bertz CT molecular complexity index is 1600. The lowest BCUT2D eigenvalue weighted by Crippen LogP contribution is -2.48. The van der Waals surface area contributed by atoms with E-state index in [9.17, 15) is 23.2 Å². The lowest BCUT2D eigenvalue weighted by Gasteiger charge is -2.36. The molecule has 3 heterocycles. The first-order chi connectivity index (χ1) is 22.0. The fourth-order valence-corrected chi connectivity index (χ4v) is 5.85. The van der Waals surface area contributed by atoms with Crippen molar-refractivity contribution >= 4 is 41.5 Å². The number of halogens is 3. The van der Waals surface area contributed by atoms with Crippen molar-refractivity contribution in [3.05, 3.63) is 64.6 Å². The molecule has 0 saturated carbocycles. The Morgan fingerprint density at radius 3 is 2.28 bits per heavy atom. The minimum absolute atomic E-state index is 0.0493. The van der Waals surface area contributed by atoms with E-state index in [4.69, 9.17) is 32.0 Å². The fraction of sp³-hybridized carbons (Fsp3) is 0.387. The number of ether oxygens (including phenoxy) is 1. The summed E-state index contributed by atoms with van der Waals surface area (Å²) in [6, 6.07) is 7.34. The molecule has 0 spiro atoms. The maximum atomic E-state index is 14.6. The van der Waals surface area contributed by atoms with Crippen LogP contribution in [0.4, 0.5) is 14.5 Å². The van der Waals surface area contributed by atoms with E-state index in [1.165, 1.54) is 49.2 Å². The molecular weight excluding hydrogens is 626 g/mol. The number of carbonyl (C=O) groups excluding carboxylic acids is 3. The summed E-state index contributed by atoms with van der Waals surface area (Å²) in [7, 11) is 2.74. The quantitative estimate of drug-likeness (QED) is 0.337. The number of imidazole rings is 1. The van der Waals surface area contributed by atoms with E-state index in [2.05, 4.69) is 10.3 Å². The fourth-order valence-electron chi connectivity index (χ4n) is 5.59. The van der Waals surface area contributed by atoms with E-state index in [-0.39, 0.29) is 63.7 Å². The number of nitrogens with zero attached hydrogens (tertiary/aromatic N) is 4. The molecule has 12 nitrogen and oxygen atoms in total. The van der Waals surface area contributed by atoms with Crippen molar-refractivity contribution in [3.63, 3.8) is 0 Å². The minimum Gasteiger partial charge on any atom is -0.494 e. The maximum Gasteiger partial charge on any atom is 0.291 e. The van der Waals surface area contributed by atoms with Crippen LogP contribution in [0, 0.1) is 17.6 Å². The zero-order valence-corrected chi connectivity index (χ0v) is 26.1. The average Bonchev–Trinajstić information content (AvgIpc) is 3.43. The van der Waals surface area contributed by atoms with Gasteiger partial charge in [-0.2, -0.15) is 4.39 Å². The number of rotatable bonds is 6. The molecule has 0 atom stereocenters. The van der Waals surface area contributed by atoms with Gasteiger partial charge in [0.2, 0.25) is 11.7 Å². The topological polar surface area (TPSA) is 160 Å². The Kier molecular flexibility index (Phi) is 11.3. The molecule has 0 unspecified atom stereocenters. The number of likely N-dealkylation sites (tertiary alicyclic amines) is 2. The summed E-state index contributed by atoms with van der Waals surface area (Å²) in [5.74, 6) is -3.38. The minimum atomic E-state index is -1.14. The lowest BCUT2D eigenvalue weighted by molar-refractivity contribution is -0.138. The molecule has 15 heteroatoms. The van der Waals surface area contributed by atoms with E-state index >= 15 is 0 Å². The summed E-state index contributed by atoms with van der Waals surface area (Å²) < 4.78 is 35.0. The van der Waals surface area contributed by atoms with Gasteiger partial charge in [-0.3, -0.25) is 19.2 Å². The van der Waals surface area contributed by atoms with Crippen molar-refractivity contribution in [3.8, 4) is 17.0 Å². The molecule has 1 aromatic heterocycles. The van der Waals surface area contributed by atoms with Gasteiger partial charge < -0.3 is 35.3 Å². The van der Waals surface area contributed by atoms with Crippen molar-refractivity contribution in [2.24, 2.45) is 18.7 Å². The van der Waals surface area contributed by atoms with Crippen molar-refractivity contribution in [2.45, 2.75) is 31.7 Å². The van der Waals surface area contributed by atoms with Crippen LogP contribution >= 0.6 is 11.6 Å². The van der Waals surface area contributed by atoms with E-state index in [0.717, 1.165) is 12.8 Å². The third-order valence-corrected chi connectivity index (χ3v) is 8.49. The second kappa shape index (κ2) is 15.1. The molecule has 3 amide bonds. The molecule has 0 radical (unpaired) electrons. The third kappa shape index (κ3) is 7.45. The summed E-state index contributed by atoms with van der Waals surface area (Å²) in [4.78, 5) is 55.2. The molecular formula is C31H35ClF2N6O6. The normalized spacial score (nSPS) is 15.5. The molecule has 3 aromatic rings. The number of aromatic nitrogens is 2. The van der Waals surface area contributed by atoms with Crippen molar-refractivity contribution < 1.29 is 37.8 Å². The first-order valence-electron chi connectivity index (χ1n) is 14.6. The number of nitrogens with two attached hydrogens (primary N) is 1. The second-order valence-electron chi connectivity index (χ2n) is 11.0. The number of benzene rings is 2. The highest BCUT2D eigenvalue weighted by Crippen LogP contribution is 2.31. The molecule has 2 aliphatic heterocycles. The van der Waals surface area contributed by atoms with Gasteiger partial charge in [-0.1, -0.05) is 11.6 Å². The standard InChI is InChI=1S/C30H33ClF2N6O4.CH2O2/c1-37-23(21-5-6-24(43-2)26(33)25(21)32)16-35-27(37)28(40)36-19-3-4-20(22(31)15-19)30(42)39-11-7-17(8-12-39)29(41)38-13-9-18(34)10-14-38;2-1-3/h3-6,15-18H,7-14,34H2,1-2H3,(H,36,40);1H,(H,2,3). The predicted octanol–water partition coefficient (Wildman–Crippen LogP) is 3.78. The molecule has 4 N–H and O–H groups in total. The Hall–Kier alpha value is -4.56. The van der Waals surface area contributed by atoms with Gasteiger partial charge in [0.15, 0.2) is 17.4 Å². The maximum absolute atomic E-state index is 14.6. The number of carbonyl (C=O) groups is 4. The summed E-state index contributed by atoms with van der Waals surface area (Å²) in [5, 5.41) is 9.72. The molecule has 2 aromatic carbocycles. The van der Waals surface area contributed by atoms with Crippen LogP contribution in [0.15, 0.2) is 36.5 Å². The van der Waals surface area contributed by atoms with Crippen molar-refractivity contribution in [1.29, 1.82) is 0 Å².